The number of primary amides is 1. The summed E-state index contributed by atoms with van der Waals surface area (Å²) in [6, 6.07) is 1.89. The molecule has 6 nitrogen and oxygen atoms in total. The average molecular weight is 279 g/mol. The Bertz CT molecular complexity index is 434. The zero-order valence-corrected chi connectivity index (χ0v) is 12.6. The van der Waals surface area contributed by atoms with E-state index in [9.17, 15) is 4.79 Å². The van der Waals surface area contributed by atoms with E-state index in [2.05, 4.69) is 41.4 Å². The minimum absolute atomic E-state index is 0.268. The Morgan fingerprint density at radius 2 is 1.85 bits per heavy atom. The monoisotopic (exact) mass is 279 g/mol. The zero-order valence-electron chi connectivity index (χ0n) is 12.6. The van der Waals surface area contributed by atoms with Crippen LogP contribution < -0.4 is 16.4 Å². The standard InChI is InChI=1S/C14H25N5O/c1-4-7-16-12-9-13(17-8-5-6-11(15)20)19-14(18-12)10(2)3/h9-10H,4-8H2,1-3H3,(H2,15,20)(H2,16,17,18,19). The van der Waals surface area contributed by atoms with E-state index in [0.717, 1.165) is 30.4 Å². The van der Waals surface area contributed by atoms with Gasteiger partial charge in [0, 0.05) is 31.5 Å². The van der Waals surface area contributed by atoms with Gasteiger partial charge >= 0.3 is 0 Å². The van der Waals surface area contributed by atoms with E-state index in [4.69, 9.17) is 5.73 Å². The molecule has 0 unspecified atom stereocenters. The number of hydrogen-bond donors (Lipinski definition) is 3. The Balaban J connectivity index is 2.67. The van der Waals surface area contributed by atoms with E-state index >= 15 is 0 Å². The Hall–Kier alpha value is -1.85. The highest BCUT2D eigenvalue weighted by Gasteiger charge is 2.07. The van der Waals surface area contributed by atoms with Crippen molar-refractivity contribution in [1.82, 2.24) is 9.97 Å². The molecule has 20 heavy (non-hydrogen) atoms. The molecule has 1 amide bonds. The van der Waals surface area contributed by atoms with Gasteiger partial charge in [0.25, 0.3) is 0 Å². The molecule has 0 saturated heterocycles. The highest BCUT2D eigenvalue weighted by atomic mass is 16.1. The molecule has 0 atom stereocenters. The molecule has 0 fully saturated rings. The van der Waals surface area contributed by atoms with Gasteiger partial charge in [-0.2, -0.15) is 0 Å². The van der Waals surface area contributed by atoms with Crippen molar-refractivity contribution >= 4 is 17.5 Å². The van der Waals surface area contributed by atoms with Crippen LogP contribution in [0.25, 0.3) is 0 Å². The number of carbonyl (C=O) groups is 1. The van der Waals surface area contributed by atoms with Gasteiger partial charge in [-0.25, -0.2) is 9.97 Å². The normalized spacial score (nSPS) is 10.6. The maximum atomic E-state index is 10.7. The Morgan fingerprint density at radius 1 is 1.25 bits per heavy atom. The van der Waals surface area contributed by atoms with Crippen LogP contribution >= 0.6 is 0 Å². The summed E-state index contributed by atoms with van der Waals surface area (Å²) < 4.78 is 0. The summed E-state index contributed by atoms with van der Waals surface area (Å²) in [5.41, 5.74) is 5.11. The van der Waals surface area contributed by atoms with E-state index in [0.29, 0.717) is 19.4 Å². The van der Waals surface area contributed by atoms with Crippen molar-refractivity contribution in [3.63, 3.8) is 0 Å². The second kappa shape index (κ2) is 8.35. The van der Waals surface area contributed by atoms with Crippen molar-refractivity contribution in [2.75, 3.05) is 23.7 Å². The fourth-order valence-electron chi connectivity index (χ4n) is 1.64. The summed E-state index contributed by atoms with van der Waals surface area (Å²) in [5, 5.41) is 6.49. The van der Waals surface area contributed by atoms with Crippen LogP contribution in [0.4, 0.5) is 11.6 Å². The molecule has 0 radical (unpaired) electrons. The van der Waals surface area contributed by atoms with Crippen LogP contribution in [0.2, 0.25) is 0 Å². The number of nitrogens with one attached hydrogen (secondary N) is 2. The molecule has 112 valence electrons. The molecular weight excluding hydrogens is 254 g/mol. The lowest BCUT2D eigenvalue weighted by Gasteiger charge is -2.12. The van der Waals surface area contributed by atoms with Crippen molar-refractivity contribution in [3.05, 3.63) is 11.9 Å². The second-order valence-corrected chi connectivity index (χ2v) is 5.07. The fourth-order valence-corrected chi connectivity index (χ4v) is 1.64. The highest BCUT2D eigenvalue weighted by Crippen LogP contribution is 2.17. The number of amides is 1. The van der Waals surface area contributed by atoms with Crippen LogP contribution in [0.5, 0.6) is 0 Å². The SMILES string of the molecule is CCCNc1cc(NCCCC(N)=O)nc(C(C)C)n1. The third-order valence-electron chi connectivity index (χ3n) is 2.72. The molecule has 4 N–H and O–H groups in total. The van der Waals surface area contributed by atoms with Crippen molar-refractivity contribution in [3.8, 4) is 0 Å². The number of aromatic nitrogens is 2. The summed E-state index contributed by atoms with van der Waals surface area (Å²) in [5.74, 6) is 2.42. The van der Waals surface area contributed by atoms with Gasteiger partial charge in [0.1, 0.15) is 17.5 Å². The quantitative estimate of drug-likeness (QED) is 0.602. The summed E-state index contributed by atoms with van der Waals surface area (Å²) >= 11 is 0. The van der Waals surface area contributed by atoms with Gasteiger partial charge in [-0.3, -0.25) is 4.79 Å². The average Bonchev–Trinajstić information content (AvgIpc) is 2.41. The molecule has 0 saturated carbocycles. The van der Waals surface area contributed by atoms with Crippen molar-refractivity contribution in [1.29, 1.82) is 0 Å². The molecular formula is C14H25N5O. The van der Waals surface area contributed by atoms with Crippen LogP contribution in [0.1, 0.15) is 51.8 Å². The van der Waals surface area contributed by atoms with E-state index in [1.54, 1.807) is 0 Å². The molecule has 1 aromatic rings. The van der Waals surface area contributed by atoms with Gasteiger partial charge in [-0.1, -0.05) is 20.8 Å². The number of carbonyl (C=O) groups excluding carboxylic acids is 1. The van der Waals surface area contributed by atoms with E-state index in [1.807, 2.05) is 6.07 Å². The number of rotatable bonds is 9. The summed E-state index contributed by atoms with van der Waals surface area (Å²) in [7, 11) is 0. The Kier molecular flexibility index (Phi) is 6.76. The highest BCUT2D eigenvalue weighted by molar-refractivity contribution is 5.73. The van der Waals surface area contributed by atoms with Gasteiger partial charge in [-0.15, -0.1) is 0 Å². The van der Waals surface area contributed by atoms with Crippen LogP contribution in [0.15, 0.2) is 6.07 Å². The van der Waals surface area contributed by atoms with Gasteiger partial charge in [0.2, 0.25) is 5.91 Å². The van der Waals surface area contributed by atoms with Crippen LogP contribution in [0, 0.1) is 0 Å². The molecule has 0 aliphatic rings. The van der Waals surface area contributed by atoms with Crippen molar-refractivity contribution in [2.45, 2.75) is 46.0 Å². The van der Waals surface area contributed by atoms with Crippen LogP contribution in [0.3, 0.4) is 0 Å². The minimum Gasteiger partial charge on any atom is -0.370 e. The first-order chi connectivity index (χ1) is 9.52. The first kappa shape index (κ1) is 16.2. The number of nitrogens with zero attached hydrogens (tertiary/aromatic N) is 2. The lowest BCUT2D eigenvalue weighted by Crippen LogP contribution is -2.14. The predicted octanol–water partition coefficient (Wildman–Crippen LogP) is 2.10. The van der Waals surface area contributed by atoms with E-state index in [1.165, 1.54) is 0 Å². The molecule has 0 aromatic carbocycles. The smallest absolute Gasteiger partial charge is 0.217 e. The Labute approximate surface area is 120 Å². The van der Waals surface area contributed by atoms with Gasteiger partial charge in [0.05, 0.1) is 0 Å². The van der Waals surface area contributed by atoms with Crippen LogP contribution in [-0.2, 0) is 4.79 Å². The molecule has 1 heterocycles. The molecule has 0 aliphatic heterocycles. The minimum atomic E-state index is -0.275. The Morgan fingerprint density at radius 3 is 2.35 bits per heavy atom. The predicted molar refractivity (Wildman–Crippen MR) is 81.8 cm³/mol. The van der Waals surface area contributed by atoms with E-state index in [-0.39, 0.29) is 11.8 Å². The summed E-state index contributed by atoms with van der Waals surface area (Å²) in [6.45, 7) is 7.80. The summed E-state index contributed by atoms with van der Waals surface area (Å²) in [6.07, 6.45) is 2.13. The lowest BCUT2D eigenvalue weighted by atomic mass is 10.2. The maximum absolute atomic E-state index is 10.7. The van der Waals surface area contributed by atoms with E-state index < -0.39 is 0 Å². The zero-order chi connectivity index (χ0) is 15.0. The maximum Gasteiger partial charge on any atom is 0.217 e. The molecule has 1 rings (SSSR count). The third-order valence-corrected chi connectivity index (χ3v) is 2.72. The molecule has 1 aromatic heterocycles. The van der Waals surface area contributed by atoms with Crippen molar-refractivity contribution < 1.29 is 4.79 Å². The topological polar surface area (TPSA) is 92.9 Å². The van der Waals surface area contributed by atoms with Crippen molar-refractivity contribution in [2.24, 2.45) is 5.73 Å². The summed E-state index contributed by atoms with van der Waals surface area (Å²) in [4.78, 5) is 19.7. The molecule has 0 spiro atoms. The lowest BCUT2D eigenvalue weighted by molar-refractivity contribution is -0.118. The largest absolute Gasteiger partial charge is 0.370 e. The number of anilines is 2. The second-order valence-electron chi connectivity index (χ2n) is 5.07. The molecule has 0 aliphatic carbocycles. The first-order valence-corrected chi connectivity index (χ1v) is 7.18. The van der Waals surface area contributed by atoms with Crippen LogP contribution in [-0.4, -0.2) is 29.0 Å². The molecule has 0 bridgehead atoms. The third kappa shape index (κ3) is 5.86. The van der Waals surface area contributed by atoms with Gasteiger partial charge in [0.15, 0.2) is 0 Å². The number of nitrogens with two attached hydrogens (primary N) is 1. The first-order valence-electron chi connectivity index (χ1n) is 7.18. The van der Waals surface area contributed by atoms with Gasteiger partial charge < -0.3 is 16.4 Å². The fraction of sp³-hybridized carbons (Fsp3) is 0.643. The van der Waals surface area contributed by atoms with Gasteiger partial charge in [-0.05, 0) is 12.8 Å². The number of hydrogen-bond acceptors (Lipinski definition) is 5. The molecule has 6 heteroatoms.